The number of hydrogen-bond acceptors (Lipinski definition) is 1. The van der Waals surface area contributed by atoms with Gasteiger partial charge in [-0.15, -0.1) is 0 Å². The lowest BCUT2D eigenvalue weighted by Gasteiger charge is -2.20. The molecule has 0 radical (unpaired) electrons. The predicted molar refractivity (Wildman–Crippen MR) is 103 cm³/mol. The van der Waals surface area contributed by atoms with Gasteiger partial charge in [-0.1, -0.05) is 58.8 Å². The summed E-state index contributed by atoms with van der Waals surface area (Å²) >= 11 is 5.70. The molecule has 1 aromatic rings. The fourth-order valence-corrected chi connectivity index (χ4v) is 3.73. The van der Waals surface area contributed by atoms with Crippen LogP contribution in [0.1, 0.15) is 93.9 Å². The van der Waals surface area contributed by atoms with Crippen LogP contribution >= 0.6 is 11.6 Å². The van der Waals surface area contributed by atoms with Crippen molar-refractivity contribution < 1.29 is 4.79 Å². The van der Waals surface area contributed by atoms with Gasteiger partial charge in [-0.25, -0.2) is 0 Å². The standard InChI is InChI=1S/C22H29ClO/c1-15(2)19-12-18(11-10-17-8-6-5-7-9-17)13-20(16(3)4)21(19)14-22(23)24/h12-13,15-17H,5-9,14H2,1-4H3. The number of rotatable bonds is 4. The van der Waals surface area contributed by atoms with Crippen molar-refractivity contribution in [3.05, 3.63) is 34.4 Å². The Kier molecular flexibility index (Phi) is 6.93. The van der Waals surface area contributed by atoms with E-state index in [9.17, 15) is 4.79 Å². The second-order valence-corrected chi connectivity index (χ2v) is 8.00. The third-order valence-corrected chi connectivity index (χ3v) is 5.04. The highest BCUT2D eigenvalue weighted by Crippen LogP contribution is 2.30. The number of hydrogen-bond donors (Lipinski definition) is 0. The zero-order chi connectivity index (χ0) is 17.7. The normalized spacial score (nSPS) is 15.5. The summed E-state index contributed by atoms with van der Waals surface area (Å²) in [6.07, 6.45) is 6.75. The van der Waals surface area contributed by atoms with Crippen LogP contribution in [-0.2, 0) is 11.2 Å². The molecule has 0 bridgehead atoms. The van der Waals surface area contributed by atoms with Gasteiger partial charge in [-0.2, -0.15) is 0 Å². The number of halogens is 1. The summed E-state index contributed by atoms with van der Waals surface area (Å²) in [6.45, 7) is 8.67. The summed E-state index contributed by atoms with van der Waals surface area (Å²) in [6, 6.07) is 4.34. The molecule has 0 amide bonds. The molecule has 24 heavy (non-hydrogen) atoms. The van der Waals surface area contributed by atoms with E-state index in [-0.39, 0.29) is 5.24 Å². The Balaban J connectivity index is 2.42. The predicted octanol–water partition coefficient (Wildman–Crippen LogP) is 6.17. The molecule has 0 spiro atoms. The van der Waals surface area contributed by atoms with Crippen LogP contribution in [0.4, 0.5) is 0 Å². The lowest BCUT2D eigenvalue weighted by Crippen LogP contribution is -2.08. The average Bonchev–Trinajstić information content (AvgIpc) is 2.53. The van der Waals surface area contributed by atoms with Gasteiger partial charge < -0.3 is 0 Å². The summed E-state index contributed by atoms with van der Waals surface area (Å²) < 4.78 is 0. The summed E-state index contributed by atoms with van der Waals surface area (Å²) in [7, 11) is 0. The first-order chi connectivity index (χ1) is 11.4. The van der Waals surface area contributed by atoms with Crippen molar-refractivity contribution in [2.45, 2.75) is 78.1 Å². The molecule has 1 nitrogen and oxygen atoms in total. The third-order valence-electron chi connectivity index (χ3n) is 4.90. The zero-order valence-corrected chi connectivity index (χ0v) is 16.2. The van der Waals surface area contributed by atoms with Gasteiger partial charge >= 0.3 is 0 Å². The van der Waals surface area contributed by atoms with Crippen LogP contribution in [0.2, 0.25) is 0 Å². The van der Waals surface area contributed by atoms with Crippen molar-refractivity contribution in [2.24, 2.45) is 5.92 Å². The van der Waals surface area contributed by atoms with E-state index in [1.807, 2.05) is 0 Å². The molecule has 2 rings (SSSR count). The molecule has 0 atom stereocenters. The van der Waals surface area contributed by atoms with Crippen molar-refractivity contribution in [2.75, 3.05) is 0 Å². The van der Waals surface area contributed by atoms with E-state index in [1.165, 1.54) is 43.2 Å². The molecule has 130 valence electrons. The van der Waals surface area contributed by atoms with E-state index in [0.717, 1.165) is 11.1 Å². The first-order valence-electron chi connectivity index (χ1n) is 9.25. The quantitative estimate of drug-likeness (QED) is 0.471. The van der Waals surface area contributed by atoms with Crippen LogP contribution in [0.25, 0.3) is 0 Å². The topological polar surface area (TPSA) is 17.1 Å². The maximum absolute atomic E-state index is 11.5. The van der Waals surface area contributed by atoms with Gasteiger partial charge in [0.1, 0.15) is 0 Å². The molecule has 1 aromatic carbocycles. The molecule has 1 fully saturated rings. The monoisotopic (exact) mass is 344 g/mol. The van der Waals surface area contributed by atoms with Crippen LogP contribution < -0.4 is 0 Å². The average molecular weight is 345 g/mol. The Morgan fingerprint density at radius 2 is 1.62 bits per heavy atom. The molecule has 0 aromatic heterocycles. The Labute approximate surface area is 152 Å². The van der Waals surface area contributed by atoms with Crippen LogP contribution in [0.5, 0.6) is 0 Å². The zero-order valence-electron chi connectivity index (χ0n) is 15.4. The molecule has 1 saturated carbocycles. The molecule has 0 unspecified atom stereocenters. The minimum atomic E-state index is -0.292. The minimum absolute atomic E-state index is 0.292. The van der Waals surface area contributed by atoms with Crippen molar-refractivity contribution in [3.63, 3.8) is 0 Å². The Hall–Kier alpha value is -1.26. The second-order valence-electron chi connectivity index (χ2n) is 7.58. The highest BCUT2D eigenvalue weighted by Gasteiger charge is 2.17. The highest BCUT2D eigenvalue weighted by molar-refractivity contribution is 6.63. The molecule has 0 N–H and O–H groups in total. The summed E-state index contributed by atoms with van der Waals surface area (Å²) in [5.74, 6) is 8.16. The Bertz CT molecular complexity index is 611. The molecular formula is C22H29ClO. The third kappa shape index (κ3) is 5.12. The van der Waals surface area contributed by atoms with E-state index in [2.05, 4.69) is 51.7 Å². The number of carbonyl (C=O) groups is 1. The number of carbonyl (C=O) groups excluding carboxylic acids is 1. The van der Waals surface area contributed by atoms with Gasteiger partial charge in [0.2, 0.25) is 5.24 Å². The van der Waals surface area contributed by atoms with Crippen molar-refractivity contribution in [1.29, 1.82) is 0 Å². The Morgan fingerprint density at radius 1 is 1.08 bits per heavy atom. The van der Waals surface area contributed by atoms with Gasteiger partial charge in [0.25, 0.3) is 0 Å². The SMILES string of the molecule is CC(C)c1cc(C#CC2CCCCC2)cc(C(C)C)c1CC(=O)Cl. The van der Waals surface area contributed by atoms with E-state index in [1.54, 1.807) is 0 Å². The maximum Gasteiger partial charge on any atom is 0.226 e. The fourth-order valence-electron chi connectivity index (χ4n) is 3.60. The lowest BCUT2D eigenvalue weighted by atomic mass is 9.85. The lowest BCUT2D eigenvalue weighted by molar-refractivity contribution is -0.111. The van der Waals surface area contributed by atoms with E-state index >= 15 is 0 Å². The van der Waals surface area contributed by atoms with Crippen LogP contribution in [-0.4, -0.2) is 5.24 Å². The van der Waals surface area contributed by atoms with Gasteiger partial charge in [-0.3, -0.25) is 4.79 Å². The van der Waals surface area contributed by atoms with Gasteiger partial charge in [0.15, 0.2) is 0 Å². The van der Waals surface area contributed by atoms with E-state index in [4.69, 9.17) is 11.6 Å². The highest BCUT2D eigenvalue weighted by atomic mass is 35.5. The molecule has 0 heterocycles. The Morgan fingerprint density at radius 3 is 2.08 bits per heavy atom. The van der Waals surface area contributed by atoms with Crippen molar-refractivity contribution >= 4 is 16.8 Å². The van der Waals surface area contributed by atoms with Gasteiger partial charge in [0.05, 0.1) is 0 Å². The molecule has 0 saturated heterocycles. The summed E-state index contributed by atoms with van der Waals surface area (Å²) in [5.41, 5.74) is 4.60. The molecule has 0 aliphatic heterocycles. The van der Waals surface area contributed by atoms with Crippen LogP contribution in [0.15, 0.2) is 12.1 Å². The van der Waals surface area contributed by atoms with E-state index < -0.39 is 0 Å². The molecular weight excluding hydrogens is 316 g/mol. The minimum Gasteiger partial charge on any atom is -0.281 e. The second kappa shape index (κ2) is 8.72. The van der Waals surface area contributed by atoms with Gasteiger partial charge in [-0.05, 0) is 65.1 Å². The molecule has 1 aliphatic rings. The first kappa shape index (κ1) is 19.1. The molecule has 1 aliphatic carbocycles. The van der Waals surface area contributed by atoms with Gasteiger partial charge in [0, 0.05) is 17.9 Å². The maximum atomic E-state index is 11.5. The van der Waals surface area contributed by atoms with Crippen LogP contribution in [0, 0.1) is 17.8 Å². The largest absolute Gasteiger partial charge is 0.281 e. The fraction of sp³-hybridized carbons (Fsp3) is 0.591. The van der Waals surface area contributed by atoms with Crippen molar-refractivity contribution in [3.8, 4) is 11.8 Å². The number of benzene rings is 1. The van der Waals surface area contributed by atoms with Crippen molar-refractivity contribution in [1.82, 2.24) is 0 Å². The summed E-state index contributed by atoms with van der Waals surface area (Å²) in [5, 5.41) is -0.292. The first-order valence-corrected chi connectivity index (χ1v) is 9.62. The van der Waals surface area contributed by atoms with E-state index in [0.29, 0.717) is 24.2 Å². The summed E-state index contributed by atoms with van der Waals surface area (Å²) in [4.78, 5) is 11.5. The molecule has 2 heteroatoms. The smallest absolute Gasteiger partial charge is 0.226 e. The van der Waals surface area contributed by atoms with Crippen LogP contribution in [0.3, 0.4) is 0 Å².